The Labute approximate surface area is 119 Å². The summed E-state index contributed by atoms with van der Waals surface area (Å²) < 4.78 is 66.7. The van der Waals surface area contributed by atoms with Gasteiger partial charge in [0.05, 0.1) is 6.61 Å². The lowest BCUT2D eigenvalue weighted by Crippen LogP contribution is -2.56. The molecule has 1 amide bonds. The molecule has 0 saturated carbocycles. The van der Waals surface area contributed by atoms with Crippen molar-refractivity contribution in [2.24, 2.45) is 5.92 Å². The summed E-state index contributed by atoms with van der Waals surface area (Å²) in [5.41, 5.74) is 0. The maximum atomic E-state index is 12.9. The van der Waals surface area contributed by atoms with Crippen molar-refractivity contribution in [1.82, 2.24) is 5.32 Å². The Morgan fingerprint density at radius 1 is 1.14 bits per heavy atom. The molecule has 9 heteroatoms. The van der Waals surface area contributed by atoms with Gasteiger partial charge in [0.25, 0.3) is 0 Å². The molecule has 0 saturated heterocycles. The Hall–Kier alpha value is -1.41. The predicted molar refractivity (Wildman–Crippen MR) is 63.6 cm³/mol. The number of rotatable bonds is 7. The zero-order valence-electron chi connectivity index (χ0n) is 11.9. The van der Waals surface area contributed by atoms with Crippen LogP contribution in [0.4, 0.5) is 22.0 Å². The van der Waals surface area contributed by atoms with Crippen molar-refractivity contribution < 1.29 is 36.3 Å². The van der Waals surface area contributed by atoms with Crippen molar-refractivity contribution in [2.45, 2.75) is 51.8 Å². The summed E-state index contributed by atoms with van der Waals surface area (Å²) in [6, 6.07) is -1.55. The standard InChI is InChI=1S/C12H18F5NO3/c1-4-6-21-9(19)8(7(3)5-2)18-10(20)11(13,14)12(15,16)17/h7-8H,4-6H2,1-3H3,(H,18,20). The summed E-state index contributed by atoms with van der Waals surface area (Å²) >= 11 is 0. The summed E-state index contributed by atoms with van der Waals surface area (Å²) in [6.07, 6.45) is -5.29. The number of hydrogen-bond acceptors (Lipinski definition) is 3. The van der Waals surface area contributed by atoms with Gasteiger partial charge < -0.3 is 10.1 Å². The molecule has 0 radical (unpaired) electrons. The molecule has 0 aliphatic carbocycles. The van der Waals surface area contributed by atoms with Gasteiger partial charge in [-0.05, 0) is 12.3 Å². The van der Waals surface area contributed by atoms with Gasteiger partial charge >= 0.3 is 24.0 Å². The van der Waals surface area contributed by atoms with Crippen LogP contribution in [0.1, 0.15) is 33.6 Å². The highest BCUT2D eigenvalue weighted by Gasteiger charge is 2.63. The highest BCUT2D eigenvalue weighted by atomic mass is 19.4. The van der Waals surface area contributed by atoms with Crippen LogP contribution in [0.25, 0.3) is 0 Å². The zero-order valence-corrected chi connectivity index (χ0v) is 11.9. The van der Waals surface area contributed by atoms with Crippen LogP contribution in [0.15, 0.2) is 0 Å². The normalized spacial score (nSPS) is 15.2. The quantitative estimate of drug-likeness (QED) is 0.580. The third-order valence-electron chi connectivity index (χ3n) is 2.84. The van der Waals surface area contributed by atoms with Crippen molar-refractivity contribution in [2.75, 3.05) is 6.61 Å². The van der Waals surface area contributed by atoms with E-state index in [2.05, 4.69) is 0 Å². The summed E-state index contributed by atoms with van der Waals surface area (Å²) in [5, 5.41) is 1.44. The Bertz CT molecular complexity index is 370. The number of nitrogens with one attached hydrogen (secondary N) is 1. The average Bonchev–Trinajstić information content (AvgIpc) is 2.39. The third-order valence-corrected chi connectivity index (χ3v) is 2.84. The minimum Gasteiger partial charge on any atom is -0.464 e. The molecule has 0 aliphatic rings. The molecule has 2 atom stereocenters. The van der Waals surface area contributed by atoms with Gasteiger partial charge in [-0.15, -0.1) is 0 Å². The van der Waals surface area contributed by atoms with Gasteiger partial charge in [-0.1, -0.05) is 27.2 Å². The van der Waals surface area contributed by atoms with Crippen molar-refractivity contribution in [3.8, 4) is 0 Å². The molecule has 0 bridgehead atoms. The zero-order chi connectivity index (χ0) is 16.8. The summed E-state index contributed by atoms with van der Waals surface area (Å²) in [4.78, 5) is 22.8. The van der Waals surface area contributed by atoms with E-state index < -0.39 is 35.9 Å². The number of hydrogen-bond donors (Lipinski definition) is 1. The molecule has 0 fully saturated rings. The number of esters is 1. The Morgan fingerprint density at radius 3 is 2.05 bits per heavy atom. The first-order chi connectivity index (χ1) is 9.48. The summed E-state index contributed by atoms with van der Waals surface area (Å²) in [6.45, 7) is 4.70. The maximum Gasteiger partial charge on any atom is 0.463 e. The molecule has 1 N–H and O–H groups in total. The number of amides is 1. The molecule has 0 aromatic rings. The van der Waals surface area contributed by atoms with Crippen molar-refractivity contribution in [3.63, 3.8) is 0 Å². The highest BCUT2D eigenvalue weighted by Crippen LogP contribution is 2.35. The number of ether oxygens (including phenoxy) is 1. The molecule has 0 aliphatic heterocycles. The van der Waals surface area contributed by atoms with Crippen LogP contribution < -0.4 is 5.32 Å². The fourth-order valence-corrected chi connectivity index (χ4v) is 1.32. The van der Waals surface area contributed by atoms with Crippen LogP contribution in [0.2, 0.25) is 0 Å². The fraction of sp³-hybridized carbons (Fsp3) is 0.833. The molecule has 0 heterocycles. The van der Waals surface area contributed by atoms with Gasteiger partial charge in [0.1, 0.15) is 6.04 Å². The van der Waals surface area contributed by atoms with Crippen molar-refractivity contribution in [1.29, 1.82) is 0 Å². The monoisotopic (exact) mass is 319 g/mol. The second-order valence-corrected chi connectivity index (χ2v) is 4.58. The number of halogens is 5. The molecule has 0 rings (SSSR count). The van der Waals surface area contributed by atoms with E-state index in [0.717, 1.165) is 0 Å². The minimum atomic E-state index is -6.02. The van der Waals surface area contributed by atoms with Gasteiger partial charge in [-0.3, -0.25) is 4.79 Å². The molecule has 21 heavy (non-hydrogen) atoms. The van der Waals surface area contributed by atoms with E-state index in [1.807, 2.05) is 0 Å². The van der Waals surface area contributed by atoms with Crippen LogP contribution >= 0.6 is 0 Å². The predicted octanol–water partition coefficient (Wildman–Crippen LogP) is 2.67. The van der Waals surface area contributed by atoms with Crippen molar-refractivity contribution in [3.05, 3.63) is 0 Å². The summed E-state index contributed by atoms with van der Waals surface area (Å²) in [5.74, 6) is -9.81. The van der Waals surface area contributed by atoms with E-state index in [0.29, 0.717) is 6.42 Å². The van der Waals surface area contributed by atoms with E-state index in [9.17, 15) is 31.5 Å². The first-order valence-electron chi connectivity index (χ1n) is 6.41. The highest BCUT2D eigenvalue weighted by molar-refractivity contribution is 5.89. The SMILES string of the molecule is CCCOC(=O)C(NC(=O)C(F)(F)C(F)(F)F)C(C)CC. The van der Waals surface area contributed by atoms with Gasteiger partial charge in [0, 0.05) is 0 Å². The lowest BCUT2D eigenvalue weighted by Gasteiger charge is -2.25. The number of carbonyl (C=O) groups is 2. The van der Waals surface area contributed by atoms with Crippen molar-refractivity contribution >= 4 is 11.9 Å². The van der Waals surface area contributed by atoms with Crippen LogP contribution in [-0.2, 0) is 14.3 Å². The number of carbonyl (C=O) groups excluding carboxylic acids is 2. The van der Waals surface area contributed by atoms with E-state index in [1.54, 1.807) is 13.8 Å². The molecule has 0 spiro atoms. The van der Waals surface area contributed by atoms with Gasteiger partial charge in [-0.25, -0.2) is 4.79 Å². The van der Waals surface area contributed by atoms with Gasteiger partial charge in [-0.2, -0.15) is 22.0 Å². The van der Waals surface area contributed by atoms with E-state index in [1.165, 1.54) is 12.2 Å². The van der Waals surface area contributed by atoms with Gasteiger partial charge in [0.15, 0.2) is 0 Å². The first kappa shape index (κ1) is 19.6. The van der Waals surface area contributed by atoms with Crippen LogP contribution in [0.5, 0.6) is 0 Å². The molecular formula is C12H18F5NO3. The van der Waals surface area contributed by atoms with E-state index in [4.69, 9.17) is 4.74 Å². The van der Waals surface area contributed by atoms with Crippen LogP contribution in [0, 0.1) is 5.92 Å². The largest absolute Gasteiger partial charge is 0.464 e. The van der Waals surface area contributed by atoms with Crippen LogP contribution in [0.3, 0.4) is 0 Å². The molecule has 0 aromatic heterocycles. The Kier molecular flexibility index (Phi) is 7.05. The maximum absolute atomic E-state index is 12.9. The topological polar surface area (TPSA) is 55.4 Å². The Balaban J connectivity index is 5.06. The van der Waals surface area contributed by atoms with Crippen LogP contribution in [-0.4, -0.2) is 36.6 Å². The van der Waals surface area contributed by atoms with Gasteiger partial charge in [0.2, 0.25) is 0 Å². The number of alkyl halides is 5. The molecule has 2 unspecified atom stereocenters. The minimum absolute atomic E-state index is 0.0166. The second kappa shape index (κ2) is 7.56. The average molecular weight is 319 g/mol. The lowest BCUT2D eigenvalue weighted by molar-refractivity contribution is -0.270. The van der Waals surface area contributed by atoms with E-state index in [-0.39, 0.29) is 13.0 Å². The fourth-order valence-electron chi connectivity index (χ4n) is 1.32. The summed E-state index contributed by atoms with van der Waals surface area (Å²) in [7, 11) is 0. The molecular weight excluding hydrogens is 301 g/mol. The molecule has 124 valence electrons. The smallest absolute Gasteiger partial charge is 0.463 e. The first-order valence-corrected chi connectivity index (χ1v) is 6.41. The molecule has 0 aromatic carbocycles. The lowest BCUT2D eigenvalue weighted by atomic mass is 9.99. The third kappa shape index (κ3) is 5.13. The molecule has 4 nitrogen and oxygen atoms in total. The second-order valence-electron chi connectivity index (χ2n) is 4.58. The Morgan fingerprint density at radius 2 is 1.67 bits per heavy atom. The van der Waals surface area contributed by atoms with E-state index >= 15 is 0 Å².